The minimum Gasteiger partial charge on any atom is -0.508 e. The summed E-state index contributed by atoms with van der Waals surface area (Å²) in [5, 5.41) is 9.56. The Kier molecular flexibility index (Phi) is 3.70. The van der Waals surface area contributed by atoms with Crippen molar-refractivity contribution in [2.45, 2.75) is 39.0 Å². The number of phenols is 1. The van der Waals surface area contributed by atoms with Crippen LogP contribution in [-0.4, -0.2) is 11.7 Å². The summed E-state index contributed by atoms with van der Waals surface area (Å²) in [4.78, 5) is 0. The van der Waals surface area contributed by atoms with E-state index in [0.717, 1.165) is 17.9 Å². The summed E-state index contributed by atoms with van der Waals surface area (Å²) < 4.78 is 5.72. The van der Waals surface area contributed by atoms with Crippen molar-refractivity contribution in [3.05, 3.63) is 23.8 Å². The lowest BCUT2D eigenvalue weighted by molar-refractivity contribution is 0.208. The second kappa shape index (κ2) is 5.24. The maximum atomic E-state index is 9.56. The molecular formula is C14H20O2. The number of hydrogen-bond donors (Lipinski definition) is 1. The van der Waals surface area contributed by atoms with Crippen molar-refractivity contribution in [2.75, 3.05) is 6.61 Å². The van der Waals surface area contributed by atoms with Gasteiger partial charge in [-0.1, -0.05) is 25.3 Å². The van der Waals surface area contributed by atoms with Crippen molar-refractivity contribution in [2.24, 2.45) is 5.92 Å². The highest BCUT2D eigenvalue weighted by atomic mass is 16.5. The third kappa shape index (κ3) is 2.91. The summed E-state index contributed by atoms with van der Waals surface area (Å²) in [6, 6.07) is 5.53. The zero-order valence-corrected chi connectivity index (χ0v) is 9.91. The van der Waals surface area contributed by atoms with E-state index in [1.807, 2.05) is 19.1 Å². The molecule has 0 spiro atoms. The fourth-order valence-corrected chi connectivity index (χ4v) is 2.25. The quantitative estimate of drug-likeness (QED) is 0.842. The third-order valence-electron chi connectivity index (χ3n) is 3.39. The molecule has 0 saturated heterocycles. The highest BCUT2D eigenvalue weighted by Crippen LogP contribution is 2.26. The van der Waals surface area contributed by atoms with Crippen LogP contribution in [0.5, 0.6) is 11.5 Å². The van der Waals surface area contributed by atoms with Crippen LogP contribution in [0.2, 0.25) is 0 Å². The minimum absolute atomic E-state index is 0.321. The van der Waals surface area contributed by atoms with E-state index in [2.05, 4.69) is 0 Å². The molecule has 1 N–H and O–H groups in total. The van der Waals surface area contributed by atoms with Crippen LogP contribution in [0, 0.1) is 12.8 Å². The molecule has 2 rings (SSSR count). The molecule has 1 aliphatic carbocycles. The van der Waals surface area contributed by atoms with E-state index in [4.69, 9.17) is 4.74 Å². The van der Waals surface area contributed by atoms with Gasteiger partial charge in [-0.15, -0.1) is 0 Å². The van der Waals surface area contributed by atoms with Crippen LogP contribution in [0.4, 0.5) is 0 Å². The Balaban J connectivity index is 1.86. The average molecular weight is 220 g/mol. The number of benzene rings is 1. The van der Waals surface area contributed by atoms with Crippen molar-refractivity contribution in [3.8, 4) is 11.5 Å². The van der Waals surface area contributed by atoms with Gasteiger partial charge in [0.2, 0.25) is 0 Å². The number of rotatable bonds is 3. The lowest BCUT2D eigenvalue weighted by atomic mass is 9.90. The standard InChI is InChI=1S/C14H20O2/c1-11-7-8-13(9-14(11)15)16-10-12-5-3-2-4-6-12/h7-9,12,15H,2-6,10H2,1H3. The van der Waals surface area contributed by atoms with Gasteiger partial charge in [-0.2, -0.15) is 0 Å². The predicted molar refractivity (Wildman–Crippen MR) is 64.9 cm³/mol. The second-order valence-corrected chi connectivity index (χ2v) is 4.76. The summed E-state index contributed by atoms with van der Waals surface area (Å²) in [5.74, 6) is 1.81. The van der Waals surface area contributed by atoms with Crippen molar-refractivity contribution in [1.29, 1.82) is 0 Å². The molecule has 16 heavy (non-hydrogen) atoms. The van der Waals surface area contributed by atoms with E-state index >= 15 is 0 Å². The number of aromatic hydroxyl groups is 1. The summed E-state index contributed by atoms with van der Waals surface area (Å²) >= 11 is 0. The van der Waals surface area contributed by atoms with Gasteiger partial charge in [0, 0.05) is 6.07 Å². The molecule has 0 bridgehead atoms. The Bertz CT molecular complexity index is 341. The maximum absolute atomic E-state index is 9.56. The van der Waals surface area contributed by atoms with Gasteiger partial charge in [-0.3, -0.25) is 0 Å². The maximum Gasteiger partial charge on any atom is 0.123 e. The van der Waals surface area contributed by atoms with E-state index in [9.17, 15) is 5.11 Å². The first kappa shape index (κ1) is 11.3. The Morgan fingerprint density at radius 1 is 1.25 bits per heavy atom. The van der Waals surface area contributed by atoms with Gasteiger partial charge in [0.05, 0.1) is 6.61 Å². The van der Waals surface area contributed by atoms with Crippen molar-refractivity contribution >= 4 is 0 Å². The van der Waals surface area contributed by atoms with Gasteiger partial charge in [0.15, 0.2) is 0 Å². The molecule has 0 aromatic heterocycles. The molecule has 0 radical (unpaired) electrons. The lowest BCUT2D eigenvalue weighted by Gasteiger charge is -2.21. The van der Waals surface area contributed by atoms with Gasteiger partial charge >= 0.3 is 0 Å². The largest absolute Gasteiger partial charge is 0.508 e. The van der Waals surface area contributed by atoms with Gasteiger partial charge in [0.1, 0.15) is 11.5 Å². The summed E-state index contributed by atoms with van der Waals surface area (Å²) in [6.45, 7) is 2.68. The third-order valence-corrected chi connectivity index (χ3v) is 3.39. The van der Waals surface area contributed by atoms with Gasteiger partial charge in [0.25, 0.3) is 0 Å². The van der Waals surface area contributed by atoms with Crippen LogP contribution in [0.1, 0.15) is 37.7 Å². The number of hydrogen-bond acceptors (Lipinski definition) is 2. The fraction of sp³-hybridized carbons (Fsp3) is 0.571. The van der Waals surface area contributed by atoms with E-state index in [1.165, 1.54) is 32.1 Å². The number of phenolic OH excluding ortho intramolecular Hbond substituents is 1. The normalized spacial score (nSPS) is 17.3. The van der Waals surface area contributed by atoms with Crippen molar-refractivity contribution < 1.29 is 9.84 Å². The molecule has 88 valence electrons. The Labute approximate surface area is 97.3 Å². The molecule has 1 aromatic carbocycles. The predicted octanol–water partition coefficient (Wildman–Crippen LogP) is 3.66. The number of ether oxygens (including phenoxy) is 1. The minimum atomic E-state index is 0.321. The first-order chi connectivity index (χ1) is 7.75. The van der Waals surface area contributed by atoms with Crippen molar-refractivity contribution in [1.82, 2.24) is 0 Å². The fourth-order valence-electron chi connectivity index (χ4n) is 2.25. The van der Waals surface area contributed by atoms with Crippen LogP contribution in [0.3, 0.4) is 0 Å². The van der Waals surface area contributed by atoms with E-state index in [1.54, 1.807) is 6.07 Å². The molecule has 2 heteroatoms. The molecular weight excluding hydrogens is 200 g/mol. The summed E-state index contributed by atoms with van der Waals surface area (Å²) in [6.07, 6.45) is 6.64. The van der Waals surface area contributed by atoms with E-state index in [-0.39, 0.29) is 0 Å². The van der Waals surface area contributed by atoms with E-state index in [0.29, 0.717) is 11.7 Å². The molecule has 2 nitrogen and oxygen atoms in total. The molecule has 1 saturated carbocycles. The van der Waals surface area contributed by atoms with Crippen LogP contribution >= 0.6 is 0 Å². The molecule has 0 heterocycles. The first-order valence-corrected chi connectivity index (χ1v) is 6.18. The molecule has 0 unspecified atom stereocenters. The zero-order chi connectivity index (χ0) is 11.4. The van der Waals surface area contributed by atoms with Crippen LogP contribution in [-0.2, 0) is 0 Å². The topological polar surface area (TPSA) is 29.5 Å². The first-order valence-electron chi connectivity index (χ1n) is 6.18. The van der Waals surface area contributed by atoms with E-state index < -0.39 is 0 Å². The monoisotopic (exact) mass is 220 g/mol. The summed E-state index contributed by atoms with van der Waals surface area (Å²) in [5.41, 5.74) is 0.894. The van der Waals surface area contributed by atoms with Gasteiger partial charge < -0.3 is 9.84 Å². The molecule has 1 aliphatic rings. The lowest BCUT2D eigenvalue weighted by Crippen LogP contribution is -2.15. The van der Waals surface area contributed by atoms with Crippen LogP contribution in [0.25, 0.3) is 0 Å². The molecule has 0 amide bonds. The van der Waals surface area contributed by atoms with Gasteiger partial charge in [-0.05, 0) is 37.3 Å². The molecule has 0 aliphatic heterocycles. The highest BCUT2D eigenvalue weighted by Gasteiger charge is 2.14. The zero-order valence-electron chi connectivity index (χ0n) is 9.91. The van der Waals surface area contributed by atoms with Gasteiger partial charge in [-0.25, -0.2) is 0 Å². The summed E-state index contributed by atoms with van der Waals surface area (Å²) in [7, 11) is 0. The van der Waals surface area contributed by atoms with Crippen LogP contribution < -0.4 is 4.74 Å². The van der Waals surface area contributed by atoms with Crippen LogP contribution in [0.15, 0.2) is 18.2 Å². The Morgan fingerprint density at radius 2 is 2.00 bits per heavy atom. The molecule has 1 aromatic rings. The highest BCUT2D eigenvalue weighted by molar-refractivity contribution is 5.38. The SMILES string of the molecule is Cc1ccc(OCC2CCCCC2)cc1O. The number of aryl methyl sites for hydroxylation is 1. The molecule has 0 atom stereocenters. The Hall–Kier alpha value is -1.18. The Morgan fingerprint density at radius 3 is 2.69 bits per heavy atom. The second-order valence-electron chi connectivity index (χ2n) is 4.76. The van der Waals surface area contributed by atoms with Crippen molar-refractivity contribution in [3.63, 3.8) is 0 Å². The average Bonchev–Trinajstić information content (AvgIpc) is 2.32. The molecule has 1 fully saturated rings. The smallest absolute Gasteiger partial charge is 0.123 e.